The van der Waals surface area contributed by atoms with Gasteiger partial charge in [-0.25, -0.2) is 4.39 Å². The highest BCUT2D eigenvalue weighted by Crippen LogP contribution is 2.42. The summed E-state index contributed by atoms with van der Waals surface area (Å²) in [6, 6.07) is 8.38. The minimum absolute atomic E-state index is 0.00601. The van der Waals surface area contributed by atoms with Gasteiger partial charge in [0, 0.05) is 5.69 Å². The number of anilines is 2. The summed E-state index contributed by atoms with van der Waals surface area (Å²) < 4.78 is 20.0. The molecular weight excluding hydrogens is 367 g/mol. The normalized spacial score (nSPS) is 18.6. The maximum atomic E-state index is 15.0. The second-order valence-corrected chi connectivity index (χ2v) is 7.16. The quantitative estimate of drug-likeness (QED) is 0.820. The molecule has 1 atom stereocenters. The molecule has 2 heterocycles. The standard InChI is InChI=1S/C19H19FN4O2S/c1-11-5-7-13(10-22-11)24-18(27)23(17(25)19(24,2)3)14-8-6-12(9-21)16(26-4)15(14)20/h5-8,10,18,27H,1-4H3. The van der Waals surface area contributed by atoms with Crippen LogP contribution in [0, 0.1) is 24.1 Å². The van der Waals surface area contributed by atoms with Gasteiger partial charge in [-0.15, -0.1) is 12.6 Å². The van der Waals surface area contributed by atoms with Crippen LogP contribution in [0.15, 0.2) is 30.5 Å². The number of halogens is 1. The first kappa shape index (κ1) is 19.0. The van der Waals surface area contributed by atoms with E-state index in [1.165, 1.54) is 24.1 Å². The SMILES string of the molecule is COc1c(C#N)ccc(N2C(=O)C(C)(C)N(c3ccc(C)nc3)C2S)c1F. The van der Waals surface area contributed by atoms with Crippen molar-refractivity contribution in [3.8, 4) is 11.8 Å². The number of ether oxygens (including phenoxy) is 1. The van der Waals surface area contributed by atoms with E-state index in [1.807, 2.05) is 25.1 Å². The van der Waals surface area contributed by atoms with E-state index >= 15 is 4.39 Å². The van der Waals surface area contributed by atoms with Crippen molar-refractivity contribution in [2.75, 3.05) is 16.9 Å². The van der Waals surface area contributed by atoms with Crippen LogP contribution in [0.4, 0.5) is 15.8 Å². The van der Waals surface area contributed by atoms with Crippen molar-refractivity contribution < 1.29 is 13.9 Å². The molecule has 8 heteroatoms. The fraction of sp³-hybridized carbons (Fsp3) is 0.316. The number of carbonyl (C=O) groups excluding carboxylic acids is 1. The Bertz CT molecular complexity index is 940. The molecule has 27 heavy (non-hydrogen) atoms. The molecule has 0 spiro atoms. The molecule has 140 valence electrons. The van der Waals surface area contributed by atoms with Crippen molar-refractivity contribution in [2.24, 2.45) is 0 Å². The van der Waals surface area contributed by atoms with Crippen LogP contribution in [0.1, 0.15) is 25.1 Å². The molecule has 6 nitrogen and oxygen atoms in total. The Morgan fingerprint density at radius 2 is 2.04 bits per heavy atom. The van der Waals surface area contributed by atoms with E-state index in [1.54, 1.807) is 24.9 Å². The summed E-state index contributed by atoms with van der Waals surface area (Å²) in [4.78, 5) is 20.5. The van der Waals surface area contributed by atoms with Gasteiger partial charge < -0.3 is 9.64 Å². The molecule has 0 aliphatic carbocycles. The van der Waals surface area contributed by atoms with Crippen LogP contribution in [0.2, 0.25) is 0 Å². The number of hydrogen-bond acceptors (Lipinski definition) is 6. The van der Waals surface area contributed by atoms with E-state index in [2.05, 4.69) is 17.6 Å². The first-order chi connectivity index (χ1) is 12.7. The van der Waals surface area contributed by atoms with Crippen LogP contribution in [0.3, 0.4) is 0 Å². The maximum Gasteiger partial charge on any atom is 0.254 e. The third kappa shape index (κ3) is 2.88. The number of thiol groups is 1. The van der Waals surface area contributed by atoms with Crippen molar-refractivity contribution in [1.82, 2.24) is 4.98 Å². The van der Waals surface area contributed by atoms with Crippen LogP contribution in [0.25, 0.3) is 0 Å². The van der Waals surface area contributed by atoms with E-state index in [4.69, 9.17) is 10.00 Å². The number of methoxy groups -OCH3 is 1. The third-order valence-corrected chi connectivity index (χ3v) is 5.10. The van der Waals surface area contributed by atoms with E-state index < -0.39 is 16.9 Å². The summed E-state index contributed by atoms with van der Waals surface area (Å²) in [6.45, 7) is 5.36. The van der Waals surface area contributed by atoms with Crippen molar-refractivity contribution in [3.05, 3.63) is 47.5 Å². The smallest absolute Gasteiger partial charge is 0.254 e. The lowest BCUT2D eigenvalue weighted by atomic mass is 10.0. The minimum Gasteiger partial charge on any atom is -0.492 e. The molecule has 0 N–H and O–H groups in total. The Balaban J connectivity index is 2.12. The topological polar surface area (TPSA) is 69.5 Å². The van der Waals surface area contributed by atoms with E-state index in [9.17, 15) is 4.79 Å². The first-order valence-corrected chi connectivity index (χ1v) is 8.76. The average molecular weight is 386 g/mol. The molecule has 0 bridgehead atoms. The summed E-state index contributed by atoms with van der Waals surface area (Å²) >= 11 is 4.59. The zero-order valence-corrected chi connectivity index (χ0v) is 16.3. The van der Waals surface area contributed by atoms with E-state index in [0.29, 0.717) is 5.69 Å². The molecule has 2 aromatic rings. The highest BCUT2D eigenvalue weighted by atomic mass is 32.1. The van der Waals surface area contributed by atoms with Gasteiger partial charge in [0.25, 0.3) is 5.91 Å². The van der Waals surface area contributed by atoms with Crippen molar-refractivity contribution >= 4 is 29.9 Å². The Kier molecular flexibility index (Phi) is 4.74. The zero-order valence-electron chi connectivity index (χ0n) is 15.4. The number of pyridine rings is 1. The number of nitriles is 1. The fourth-order valence-corrected chi connectivity index (χ4v) is 3.87. The fourth-order valence-electron chi connectivity index (χ4n) is 3.22. The number of nitrogens with zero attached hydrogens (tertiary/aromatic N) is 4. The number of aromatic nitrogens is 1. The molecule has 0 saturated carbocycles. The molecule has 1 saturated heterocycles. The lowest BCUT2D eigenvalue weighted by Crippen LogP contribution is -2.45. The molecule has 1 aromatic heterocycles. The van der Waals surface area contributed by atoms with Gasteiger partial charge in [-0.3, -0.25) is 14.7 Å². The number of hydrogen-bond donors (Lipinski definition) is 1. The highest BCUT2D eigenvalue weighted by molar-refractivity contribution is 7.81. The molecule has 1 fully saturated rings. The summed E-state index contributed by atoms with van der Waals surface area (Å²) in [5.41, 5.74) is -0.132. The van der Waals surface area contributed by atoms with Gasteiger partial charge in [0.15, 0.2) is 17.1 Å². The molecule has 1 amide bonds. The van der Waals surface area contributed by atoms with Crippen molar-refractivity contribution in [3.63, 3.8) is 0 Å². The van der Waals surface area contributed by atoms with Crippen LogP contribution >= 0.6 is 12.6 Å². The Hall–Kier alpha value is -2.79. The van der Waals surface area contributed by atoms with Gasteiger partial charge in [0.05, 0.1) is 30.2 Å². The van der Waals surface area contributed by atoms with Gasteiger partial charge in [-0.05, 0) is 45.0 Å². The lowest BCUT2D eigenvalue weighted by Gasteiger charge is -2.33. The summed E-state index contributed by atoms with van der Waals surface area (Å²) in [7, 11) is 1.28. The zero-order chi connectivity index (χ0) is 19.9. The predicted molar refractivity (Wildman–Crippen MR) is 103 cm³/mol. The first-order valence-electron chi connectivity index (χ1n) is 8.24. The Labute approximate surface area is 162 Å². The summed E-state index contributed by atoms with van der Waals surface area (Å²) in [6.07, 6.45) is 1.66. The molecule has 1 unspecified atom stereocenters. The second kappa shape index (κ2) is 6.74. The highest BCUT2D eigenvalue weighted by Gasteiger charge is 2.52. The van der Waals surface area contributed by atoms with E-state index in [-0.39, 0.29) is 22.9 Å². The van der Waals surface area contributed by atoms with Crippen LogP contribution in [-0.4, -0.2) is 29.0 Å². The van der Waals surface area contributed by atoms with Gasteiger partial charge in [0.2, 0.25) is 0 Å². The third-order valence-electron chi connectivity index (χ3n) is 4.64. The minimum atomic E-state index is -0.975. The molecule has 1 aliphatic rings. The van der Waals surface area contributed by atoms with Crippen molar-refractivity contribution in [2.45, 2.75) is 31.8 Å². The van der Waals surface area contributed by atoms with Gasteiger partial charge in [-0.2, -0.15) is 5.26 Å². The second-order valence-electron chi connectivity index (χ2n) is 6.70. The molecule has 1 aliphatic heterocycles. The maximum absolute atomic E-state index is 15.0. The molecular formula is C19H19FN4O2S. The largest absolute Gasteiger partial charge is 0.492 e. The van der Waals surface area contributed by atoms with Crippen LogP contribution < -0.4 is 14.5 Å². The van der Waals surface area contributed by atoms with Crippen LogP contribution in [0.5, 0.6) is 5.75 Å². The van der Waals surface area contributed by atoms with Gasteiger partial charge in [0.1, 0.15) is 11.6 Å². The molecule has 1 aromatic carbocycles. The predicted octanol–water partition coefficient (Wildman–Crippen LogP) is 3.25. The number of benzene rings is 1. The number of carbonyl (C=O) groups is 1. The average Bonchev–Trinajstić information content (AvgIpc) is 2.81. The monoisotopic (exact) mass is 386 g/mol. The van der Waals surface area contributed by atoms with Gasteiger partial charge in [-0.1, -0.05) is 0 Å². The summed E-state index contributed by atoms with van der Waals surface area (Å²) in [5.74, 6) is -1.30. The molecule has 0 radical (unpaired) electrons. The van der Waals surface area contributed by atoms with E-state index in [0.717, 1.165) is 5.69 Å². The van der Waals surface area contributed by atoms with Crippen LogP contribution in [-0.2, 0) is 4.79 Å². The molecule has 3 rings (SSSR count). The number of amides is 1. The van der Waals surface area contributed by atoms with Crippen molar-refractivity contribution in [1.29, 1.82) is 5.26 Å². The van der Waals surface area contributed by atoms with Gasteiger partial charge >= 0.3 is 0 Å². The number of aryl methyl sites for hydroxylation is 1. The lowest BCUT2D eigenvalue weighted by molar-refractivity contribution is -0.120. The Morgan fingerprint density at radius 1 is 1.33 bits per heavy atom. The number of rotatable bonds is 3. The Morgan fingerprint density at radius 3 is 2.59 bits per heavy atom. The summed E-state index contributed by atoms with van der Waals surface area (Å²) in [5, 5.41) is 9.12.